The predicted molar refractivity (Wildman–Crippen MR) is 143 cm³/mol. The molecule has 3 N–H and O–H groups in total. The lowest BCUT2D eigenvalue weighted by molar-refractivity contribution is -0.159. The minimum absolute atomic E-state index is 0.142. The Morgan fingerprint density at radius 3 is 2.16 bits per heavy atom. The summed E-state index contributed by atoms with van der Waals surface area (Å²) in [6.45, 7) is 6.19. The van der Waals surface area contributed by atoms with Crippen molar-refractivity contribution in [3.63, 3.8) is 0 Å². The van der Waals surface area contributed by atoms with Gasteiger partial charge in [-0.1, -0.05) is 19.1 Å². The summed E-state index contributed by atoms with van der Waals surface area (Å²) in [6, 6.07) is 8.36. The molecule has 4 aliphatic rings. The SMILES string of the molecule is CCCN(CCCCNC(=O)OC12CC3CC(CC(C3)C1)C2)CCc1cccc(OC)c1.O=C(O)C(=O)O. The molecule has 0 spiro atoms. The van der Waals surface area contributed by atoms with Crippen molar-refractivity contribution in [2.45, 2.75) is 76.7 Å². The maximum absolute atomic E-state index is 12.5. The van der Waals surface area contributed by atoms with Crippen molar-refractivity contribution in [1.82, 2.24) is 10.2 Å². The zero-order chi connectivity index (χ0) is 27.5. The van der Waals surface area contributed by atoms with Gasteiger partial charge in [0, 0.05) is 13.1 Å². The molecule has 0 unspecified atom stereocenters. The van der Waals surface area contributed by atoms with Gasteiger partial charge >= 0.3 is 18.0 Å². The molecule has 0 atom stereocenters. The van der Waals surface area contributed by atoms with Crippen molar-refractivity contribution in [3.05, 3.63) is 29.8 Å². The van der Waals surface area contributed by atoms with E-state index >= 15 is 0 Å². The predicted octanol–water partition coefficient (Wildman–Crippen LogP) is 4.58. The molecule has 38 heavy (non-hydrogen) atoms. The molecule has 9 nitrogen and oxygen atoms in total. The van der Waals surface area contributed by atoms with E-state index in [4.69, 9.17) is 29.3 Å². The molecule has 4 saturated carbocycles. The van der Waals surface area contributed by atoms with Crippen molar-refractivity contribution in [1.29, 1.82) is 0 Å². The van der Waals surface area contributed by atoms with E-state index < -0.39 is 11.9 Å². The molecule has 5 rings (SSSR count). The van der Waals surface area contributed by atoms with E-state index in [9.17, 15) is 4.79 Å². The molecular weight excluding hydrogens is 488 g/mol. The standard InChI is InChI=1S/C27H42N2O3.C2H2O4/c1-3-11-29(13-9-21-7-6-8-25(17-21)31-2)12-5-4-10-28-26(30)32-27-18-22-14-23(19-27)16-24(15-22)20-27;3-1(4)2(5)6/h6-8,17,22-24H,3-5,9-16,18-20H2,1-2H3,(H,28,30);(H,3,4)(H,5,6). The summed E-state index contributed by atoms with van der Waals surface area (Å²) in [5, 5.41) is 17.8. The summed E-state index contributed by atoms with van der Waals surface area (Å²) >= 11 is 0. The first-order chi connectivity index (χ1) is 18.2. The van der Waals surface area contributed by atoms with Crippen molar-refractivity contribution in [3.8, 4) is 5.75 Å². The molecule has 1 aromatic rings. The number of nitrogens with zero attached hydrogens (tertiary/aromatic N) is 1. The lowest BCUT2D eigenvalue weighted by Crippen LogP contribution is -2.53. The van der Waals surface area contributed by atoms with Crippen LogP contribution in [-0.2, 0) is 20.7 Å². The Kier molecular flexibility index (Phi) is 11.2. The second-order valence-electron chi connectivity index (χ2n) is 11.2. The van der Waals surface area contributed by atoms with Gasteiger partial charge in [-0.25, -0.2) is 14.4 Å². The highest BCUT2D eigenvalue weighted by atomic mass is 16.6. The Hall–Kier alpha value is -2.81. The van der Waals surface area contributed by atoms with Crippen LogP contribution in [0.15, 0.2) is 24.3 Å². The largest absolute Gasteiger partial charge is 0.497 e. The zero-order valence-electron chi connectivity index (χ0n) is 22.8. The third-order valence-electron chi connectivity index (χ3n) is 8.04. The van der Waals surface area contributed by atoms with E-state index in [0.29, 0.717) is 6.54 Å². The fraction of sp³-hybridized carbons (Fsp3) is 0.690. The van der Waals surface area contributed by atoms with E-state index in [1.54, 1.807) is 7.11 Å². The van der Waals surface area contributed by atoms with Crippen LogP contribution in [0.4, 0.5) is 4.79 Å². The number of carboxylic acids is 2. The van der Waals surface area contributed by atoms with Crippen LogP contribution >= 0.6 is 0 Å². The van der Waals surface area contributed by atoms with Crippen LogP contribution in [0, 0.1) is 17.8 Å². The molecule has 0 aliphatic heterocycles. The smallest absolute Gasteiger partial charge is 0.414 e. The lowest BCUT2D eigenvalue weighted by atomic mass is 9.54. The maximum atomic E-state index is 12.5. The van der Waals surface area contributed by atoms with Gasteiger partial charge in [0.15, 0.2) is 0 Å². The molecular formula is C29H44N2O7. The summed E-state index contributed by atoms with van der Waals surface area (Å²) in [5.74, 6) is -0.317. The van der Waals surface area contributed by atoms with Gasteiger partial charge in [0.2, 0.25) is 0 Å². The first-order valence-electron chi connectivity index (χ1n) is 14.0. The summed E-state index contributed by atoms with van der Waals surface area (Å²) in [6.07, 6.45) is 11.5. The van der Waals surface area contributed by atoms with Crippen LogP contribution < -0.4 is 10.1 Å². The monoisotopic (exact) mass is 532 g/mol. The third-order valence-corrected chi connectivity index (χ3v) is 8.04. The number of aliphatic carboxylic acids is 2. The molecule has 0 radical (unpaired) electrons. The summed E-state index contributed by atoms with van der Waals surface area (Å²) in [5.41, 5.74) is 1.18. The molecule has 4 fully saturated rings. The number of ether oxygens (including phenoxy) is 2. The Morgan fingerprint density at radius 1 is 0.974 bits per heavy atom. The van der Waals surface area contributed by atoms with Gasteiger partial charge in [-0.3, -0.25) is 0 Å². The number of carbonyl (C=O) groups is 3. The average molecular weight is 533 g/mol. The number of carboxylic acid groups (broad SMARTS) is 2. The highest BCUT2D eigenvalue weighted by Gasteiger charge is 2.53. The normalized spacial score (nSPS) is 24.9. The van der Waals surface area contributed by atoms with Gasteiger partial charge < -0.3 is 29.9 Å². The number of unbranched alkanes of at least 4 members (excludes halogenated alkanes) is 1. The van der Waals surface area contributed by atoms with Crippen LogP contribution in [0.3, 0.4) is 0 Å². The molecule has 1 amide bonds. The van der Waals surface area contributed by atoms with E-state index in [1.807, 2.05) is 6.07 Å². The number of amides is 1. The van der Waals surface area contributed by atoms with Gasteiger partial charge in [0.1, 0.15) is 11.4 Å². The molecule has 1 aromatic carbocycles. The highest BCUT2D eigenvalue weighted by Crippen LogP contribution is 2.57. The Balaban J connectivity index is 0.000000599. The number of carbonyl (C=O) groups excluding carboxylic acids is 1. The van der Waals surface area contributed by atoms with Crippen molar-refractivity contribution in [2.75, 3.05) is 33.3 Å². The summed E-state index contributed by atoms with van der Waals surface area (Å²) < 4.78 is 11.4. The van der Waals surface area contributed by atoms with Crippen LogP contribution in [0.2, 0.25) is 0 Å². The van der Waals surface area contributed by atoms with Gasteiger partial charge in [-0.2, -0.15) is 0 Å². The van der Waals surface area contributed by atoms with Crippen LogP contribution in [-0.4, -0.2) is 72.0 Å². The molecule has 0 heterocycles. The number of hydrogen-bond acceptors (Lipinski definition) is 6. The van der Waals surface area contributed by atoms with Crippen molar-refractivity contribution >= 4 is 18.0 Å². The van der Waals surface area contributed by atoms with E-state index in [2.05, 4.69) is 35.3 Å². The van der Waals surface area contributed by atoms with Crippen molar-refractivity contribution < 1.29 is 34.1 Å². The fourth-order valence-electron chi connectivity index (χ4n) is 6.81. The van der Waals surface area contributed by atoms with E-state index in [-0.39, 0.29) is 11.7 Å². The first kappa shape index (κ1) is 29.7. The maximum Gasteiger partial charge on any atom is 0.414 e. The molecule has 9 heteroatoms. The highest BCUT2D eigenvalue weighted by molar-refractivity contribution is 6.27. The molecule has 4 aliphatic carbocycles. The Labute approximate surface area is 225 Å². The topological polar surface area (TPSA) is 125 Å². The van der Waals surface area contributed by atoms with Gasteiger partial charge in [-0.05, 0) is 113 Å². The number of nitrogens with one attached hydrogen (secondary N) is 1. The molecule has 0 aromatic heterocycles. The van der Waals surface area contributed by atoms with Crippen molar-refractivity contribution in [2.24, 2.45) is 17.8 Å². The van der Waals surface area contributed by atoms with E-state index in [0.717, 1.165) is 88.1 Å². The Bertz CT molecular complexity index is 888. The number of rotatable bonds is 12. The van der Waals surface area contributed by atoms with Gasteiger partial charge in [0.25, 0.3) is 0 Å². The molecule has 0 saturated heterocycles. The molecule has 4 bridgehead atoms. The minimum Gasteiger partial charge on any atom is -0.497 e. The quantitative estimate of drug-likeness (QED) is 0.264. The number of alkyl carbamates (subject to hydrolysis) is 1. The average Bonchev–Trinajstić information content (AvgIpc) is 2.86. The van der Waals surface area contributed by atoms with E-state index in [1.165, 1.54) is 24.8 Å². The number of methoxy groups -OCH3 is 1. The zero-order valence-corrected chi connectivity index (χ0v) is 22.8. The first-order valence-corrected chi connectivity index (χ1v) is 14.0. The Morgan fingerprint density at radius 2 is 1.61 bits per heavy atom. The fourth-order valence-corrected chi connectivity index (χ4v) is 6.81. The number of benzene rings is 1. The minimum atomic E-state index is -1.82. The van der Waals surface area contributed by atoms with Crippen LogP contribution in [0.1, 0.15) is 70.3 Å². The molecule has 212 valence electrons. The lowest BCUT2D eigenvalue weighted by Gasteiger charge is -2.55. The second-order valence-corrected chi connectivity index (χ2v) is 11.2. The van der Waals surface area contributed by atoms with Crippen LogP contribution in [0.25, 0.3) is 0 Å². The second kappa shape index (κ2) is 14.4. The van der Waals surface area contributed by atoms with Gasteiger partial charge in [-0.15, -0.1) is 0 Å². The summed E-state index contributed by atoms with van der Waals surface area (Å²) in [4.78, 5) is 33.2. The third kappa shape index (κ3) is 9.19. The number of hydrogen-bond donors (Lipinski definition) is 3. The van der Waals surface area contributed by atoms with Gasteiger partial charge in [0.05, 0.1) is 7.11 Å². The summed E-state index contributed by atoms with van der Waals surface area (Å²) in [7, 11) is 1.72. The van der Waals surface area contributed by atoms with Crippen LogP contribution in [0.5, 0.6) is 5.75 Å².